The molecule has 5 nitrogen and oxygen atoms in total. The van der Waals surface area contributed by atoms with Crippen molar-refractivity contribution in [3.63, 3.8) is 0 Å². The molecule has 176 valence electrons. The summed E-state index contributed by atoms with van der Waals surface area (Å²) in [5.41, 5.74) is -0.628. The molecule has 0 bridgehead atoms. The SMILES string of the molecule is CC.CC(C)(C)CCOC(C)(C)CC(=O)NCCOC(C)(C)CCOC(C)(C)C. The van der Waals surface area contributed by atoms with E-state index >= 15 is 0 Å². The van der Waals surface area contributed by atoms with Gasteiger partial charge in [-0.3, -0.25) is 4.79 Å². The molecule has 0 saturated carbocycles. The van der Waals surface area contributed by atoms with Crippen LogP contribution in [0.4, 0.5) is 0 Å². The van der Waals surface area contributed by atoms with Crippen molar-refractivity contribution in [2.24, 2.45) is 5.41 Å². The second-order valence-corrected chi connectivity index (χ2v) is 10.8. The van der Waals surface area contributed by atoms with Crippen LogP contribution >= 0.6 is 0 Å². The van der Waals surface area contributed by atoms with Gasteiger partial charge < -0.3 is 19.5 Å². The molecule has 0 aromatic heterocycles. The monoisotopic (exact) mass is 417 g/mol. The molecule has 0 atom stereocenters. The number of hydrogen-bond donors (Lipinski definition) is 1. The van der Waals surface area contributed by atoms with Gasteiger partial charge in [0.25, 0.3) is 0 Å². The molecule has 0 fully saturated rings. The molecular weight excluding hydrogens is 366 g/mol. The van der Waals surface area contributed by atoms with Gasteiger partial charge in [0.1, 0.15) is 0 Å². The van der Waals surface area contributed by atoms with Crippen molar-refractivity contribution in [1.29, 1.82) is 0 Å². The van der Waals surface area contributed by atoms with E-state index in [4.69, 9.17) is 14.2 Å². The third kappa shape index (κ3) is 21.9. The van der Waals surface area contributed by atoms with E-state index in [0.717, 1.165) is 12.8 Å². The van der Waals surface area contributed by atoms with Gasteiger partial charge in [0.2, 0.25) is 5.91 Å². The number of carbonyl (C=O) groups excluding carboxylic acids is 1. The molecular formula is C24H51NO4. The number of hydrogen-bond acceptors (Lipinski definition) is 4. The van der Waals surface area contributed by atoms with Crippen molar-refractivity contribution in [2.75, 3.05) is 26.4 Å². The predicted octanol–water partition coefficient (Wildman–Crippen LogP) is 5.75. The van der Waals surface area contributed by atoms with Gasteiger partial charge in [0.05, 0.1) is 29.8 Å². The second-order valence-electron chi connectivity index (χ2n) is 10.8. The molecule has 0 heterocycles. The first-order chi connectivity index (χ1) is 13.0. The van der Waals surface area contributed by atoms with E-state index in [1.54, 1.807) is 0 Å². The molecule has 0 aliphatic heterocycles. The van der Waals surface area contributed by atoms with E-state index in [2.05, 4.69) is 26.1 Å². The van der Waals surface area contributed by atoms with E-state index in [1.807, 2.05) is 62.3 Å². The molecule has 0 aromatic rings. The van der Waals surface area contributed by atoms with Crippen LogP contribution in [0.5, 0.6) is 0 Å². The summed E-state index contributed by atoms with van der Waals surface area (Å²) < 4.78 is 17.6. The zero-order valence-electron chi connectivity index (χ0n) is 21.6. The Bertz CT molecular complexity index is 431. The lowest BCUT2D eigenvalue weighted by Gasteiger charge is -2.28. The Morgan fingerprint density at radius 3 is 1.66 bits per heavy atom. The standard InChI is InChI=1S/C22H45NO4.C2H6/c1-19(2,3)11-14-26-22(9,10)17-18(24)23-13-16-27-21(7,8)12-15-25-20(4,5)6;1-2/h11-17H2,1-10H3,(H,23,24);1-2H3. The minimum atomic E-state index is -0.459. The van der Waals surface area contributed by atoms with E-state index < -0.39 is 5.60 Å². The normalized spacial score (nSPS) is 13.0. The lowest BCUT2D eigenvalue weighted by Crippen LogP contribution is -2.37. The molecule has 1 N–H and O–H groups in total. The average Bonchev–Trinajstić information content (AvgIpc) is 2.50. The van der Waals surface area contributed by atoms with Crippen LogP contribution in [0, 0.1) is 5.41 Å². The van der Waals surface area contributed by atoms with Gasteiger partial charge in [0.15, 0.2) is 0 Å². The Balaban J connectivity index is 0. The van der Waals surface area contributed by atoms with E-state index in [9.17, 15) is 4.79 Å². The lowest BCUT2D eigenvalue weighted by atomic mass is 9.93. The summed E-state index contributed by atoms with van der Waals surface area (Å²) in [6.45, 7) is 27.0. The summed E-state index contributed by atoms with van der Waals surface area (Å²) in [6, 6.07) is 0. The quantitative estimate of drug-likeness (QED) is 0.411. The Morgan fingerprint density at radius 2 is 1.17 bits per heavy atom. The van der Waals surface area contributed by atoms with Gasteiger partial charge in [-0.05, 0) is 66.7 Å². The van der Waals surface area contributed by atoms with Crippen LogP contribution in [0.25, 0.3) is 0 Å². The lowest BCUT2D eigenvalue weighted by molar-refractivity contribution is -0.128. The highest BCUT2D eigenvalue weighted by molar-refractivity contribution is 5.76. The molecule has 0 rings (SSSR count). The maximum atomic E-state index is 12.2. The van der Waals surface area contributed by atoms with Gasteiger partial charge in [-0.1, -0.05) is 34.6 Å². The predicted molar refractivity (Wildman–Crippen MR) is 123 cm³/mol. The molecule has 5 heteroatoms. The van der Waals surface area contributed by atoms with Crippen molar-refractivity contribution < 1.29 is 19.0 Å². The van der Waals surface area contributed by atoms with Gasteiger partial charge in [-0.25, -0.2) is 0 Å². The molecule has 0 aliphatic rings. The maximum Gasteiger partial charge on any atom is 0.222 e. The third-order valence-corrected chi connectivity index (χ3v) is 4.09. The number of rotatable bonds is 12. The summed E-state index contributed by atoms with van der Waals surface area (Å²) in [5, 5.41) is 2.92. The fourth-order valence-electron chi connectivity index (χ4n) is 2.33. The van der Waals surface area contributed by atoms with Crippen LogP contribution in [0.15, 0.2) is 0 Å². The minimum absolute atomic E-state index is 0.00627. The maximum absolute atomic E-state index is 12.2. The minimum Gasteiger partial charge on any atom is -0.376 e. The zero-order valence-corrected chi connectivity index (χ0v) is 21.6. The number of amides is 1. The van der Waals surface area contributed by atoms with Gasteiger partial charge >= 0.3 is 0 Å². The molecule has 0 saturated heterocycles. The summed E-state index contributed by atoms with van der Waals surface area (Å²) in [6.07, 6.45) is 2.13. The van der Waals surface area contributed by atoms with Gasteiger partial charge in [0, 0.05) is 19.8 Å². The van der Waals surface area contributed by atoms with E-state index in [0.29, 0.717) is 32.8 Å². The van der Waals surface area contributed by atoms with Crippen LogP contribution in [0.3, 0.4) is 0 Å². The number of nitrogens with one attached hydrogen (secondary N) is 1. The van der Waals surface area contributed by atoms with Crippen molar-refractivity contribution >= 4 is 5.91 Å². The summed E-state index contributed by atoms with van der Waals surface area (Å²) >= 11 is 0. The molecule has 0 radical (unpaired) electrons. The Labute approximate surface area is 181 Å². The van der Waals surface area contributed by atoms with Crippen molar-refractivity contribution in [1.82, 2.24) is 5.32 Å². The van der Waals surface area contributed by atoms with Crippen LogP contribution in [-0.2, 0) is 19.0 Å². The van der Waals surface area contributed by atoms with E-state index in [-0.39, 0.29) is 22.5 Å². The van der Waals surface area contributed by atoms with E-state index in [1.165, 1.54) is 0 Å². The fourth-order valence-corrected chi connectivity index (χ4v) is 2.33. The molecule has 29 heavy (non-hydrogen) atoms. The van der Waals surface area contributed by atoms with Gasteiger partial charge in [-0.2, -0.15) is 0 Å². The first-order valence-corrected chi connectivity index (χ1v) is 11.2. The van der Waals surface area contributed by atoms with Gasteiger partial charge in [-0.15, -0.1) is 0 Å². The highest BCUT2D eigenvalue weighted by Gasteiger charge is 2.24. The number of ether oxygens (including phenoxy) is 3. The molecule has 0 spiro atoms. The highest BCUT2D eigenvalue weighted by Crippen LogP contribution is 2.22. The van der Waals surface area contributed by atoms with Crippen LogP contribution in [-0.4, -0.2) is 49.1 Å². The largest absolute Gasteiger partial charge is 0.376 e. The Hall–Kier alpha value is -0.650. The summed E-state index contributed by atoms with van der Waals surface area (Å²) in [5.74, 6) is -0.00627. The molecule has 0 unspecified atom stereocenters. The second kappa shape index (κ2) is 13.6. The van der Waals surface area contributed by atoms with Crippen molar-refractivity contribution in [3.05, 3.63) is 0 Å². The summed E-state index contributed by atoms with van der Waals surface area (Å²) in [4.78, 5) is 12.2. The first kappa shape index (κ1) is 30.5. The average molecular weight is 418 g/mol. The Morgan fingerprint density at radius 1 is 0.690 bits per heavy atom. The van der Waals surface area contributed by atoms with Crippen LogP contribution < -0.4 is 5.32 Å². The number of carbonyl (C=O) groups is 1. The zero-order chi connectivity index (χ0) is 23.4. The smallest absolute Gasteiger partial charge is 0.222 e. The molecule has 0 aromatic carbocycles. The van der Waals surface area contributed by atoms with Crippen molar-refractivity contribution in [3.8, 4) is 0 Å². The topological polar surface area (TPSA) is 56.8 Å². The van der Waals surface area contributed by atoms with Crippen molar-refractivity contribution in [2.45, 2.75) is 119 Å². The first-order valence-electron chi connectivity index (χ1n) is 11.2. The molecule has 0 aliphatic carbocycles. The molecule has 1 amide bonds. The summed E-state index contributed by atoms with van der Waals surface area (Å²) in [7, 11) is 0. The van der Waals surface area contributed by atoms with Crippen LogP contribution in [0.1, 0.15) is 102 Å². The third-order valence-electron chi connectivity index (χ3n) is 4.09. The van der Waals surface area contributed by atoms with Crippen LogP contribution in [0.2, 0.25) is 0 Å². The fraction of sp³-hybridized carbons (Fsp3) is 0.958. The Kier molecular flexibility index (Phi) is 14.3. The highest BCUT2D eigenvalue weighted by atomic mass is 16.5.